The van der Waals surface area contributed by atoms with E-state index in [0.29, 0.717) is 30.2 Å². The third kappa shape index (κ3) is 9.55. The summed E-state index contributed by atoms with van der Waals surface area (Å²) >= 11 is 0. The first kappa shape index (κ1) is 27.4. The van der Waals surface area contributed by atoms with E-state index in [2.05, 4.69) is 60.7 Å². The predicted molar refractivity (Wildman–Crippen MR) is 137 cm³/mol. The molecule has 0 fully saturated rings. The van der Waals surface area contributed by atoms with Crippen molar-refractivity contribution in [2.24, 2.45) is 4.99 Å². The van der Waals surface area contributed by atoms with Crippen LogP contribution in [0.2, 0.25) is 0 Å². The molecule has 0 saturated carbocycles. The Balaban J connectivity index is 0.00000480. The van der Waals surface area contributed by atoms with Gasteiger partial charge in [0.25, 0.3) is 0 Å². The molecule has 8 heteroatoms. The predicted octanol–water partition coefficient (Wildman–Crippen LogP) is 4.54. The number of nitrogens with one attached hydrogen (secondary N) is 2. The van der Waals surface area contributed by atoms with E-state index < -0.39 is 15.7 Å². The van der Waals surface area contributed by atoms with E-state index >= 15 is 0 Å². The van der Waals surface area contributed by atoms with Gasteiger partial charge in [-0.15, -0.1) is 24.0 Å². The van der Waals surface area contributed by atoms with E-state index in [0.717, 1.165) is 5.56 Å². The highest BCUT2D eigenvalue weighted by Crippen LogP contribution is 2.22. The summed E-state index contributed by atoms with van der Waals surface area (Å²) in [6.07, 6.45) is 1.17. The number of nitrogens with zero attached hydrogens (tertiary/aromatic N) is 1. The number of hydrogen-bond donors (Lipinski definition) is 2. The van der Waals surface area contributed by atoms with Gasteiger partial charge in [-0.3, -0.25) is 0 Å². The molecule has 5 nitrogen and oxygen atoms in total. The van der Waals surface area contributed by atoms with Crippen molar-refractivity contribution >= 4 is 39.8 Å². The van der Waals surface area contributed by atoms with Crippen LogP contribution in [-0.4, -0.2) is 27.2 Å². The molecular formula is C23H33FIN3O2S. The number of sulfone groups is 1. The van der Waals surface area contributed by atoms with E-state index in [1.807, 2.05) is 6.92 Å². The van der Waals surface area contributed by atoms with Crippen molar-refractivity contribution in [2.75, 3.05) is 12.8 Å². The Bertz CT molecular complexity index is 985. The van der Waals surface area contributed by atoms with E-state index in [1.54, 1.807) is 0 Å². The number of aliphatic imine (C=N–C) groups is 1. The summed E-state index contributed by atoms with van der Waals surface area (Å²) in [5.41, 5.74) is 3.64. The largest absolute Gasteiger partial charge is 0.357 e. The van der Waals surface area contributed by atoms with Crippen LogP contribution < -0.4 is 10.6 Å². The normalized spacial score (nSPS) is 12.3. The molecule has 0 unspecified atom stereocenters. The third-order valence-corrected chi connectivity index (χ3v) is 5.45. The summed E-state index contributed by atoms with van der Waals surface area (Å²) in [5.74, 6) is 0.0647. The van der Waals surface area contributed by atoms with Crippen LogP contribution in [0.25, 0.3) is 0 Å². The molecule has 0 atom stereocenters. The Morgan fingerprint density at radius 2 is 1.68 bits per heavy atom. The zero-order chi connectivity index (χ0) is 22.4. The molecule has 0 spiro atoms. The minimum atomic E-state index is -3.22. The zero-order valence-electron chi connectivity index (χ0n) is 18.8. The maximum atomic E-state index is 13.7. The van der Waals surface area contributed by atoms with Crippen molar-refractivity contribution in [3.05, 3.63) is 70.5 Å². The molecule has 0 aliphatic carbocycles. The summed E-state index contributed by atoms with van der Waals surface area (Å²) < 4.78 is 37.1. The lowest BCUT2D eigenvalue weighted by molar-refractivity contribution is 0.590. The van der Waals surface area contributed by atoms with Gasteiger partial charge in [0.15, 0.2) is 15.8 Å². The molecule has 0 aliphatic heterocycles. The number of hydrogen-bond acceptors (Lipinski definition) is 3. The first-order valence-corrected chi connectivity index (χ1v) is 12.1. The van der Waals surface area contributed by atoms with Gasteiger partial charge in [0, 0.05) is 19.3 Å². The van der Waals surface area contributed by atoms with Crippen LogP contribution >= 0.6 is 24.0 Å². The fourth-order valence-electron chi connectivity index (χ4n) is 2.98. The summed E-state index contributed by atoms with van der Waals surface area (Å²) in [7, 11) is -3.22. The smallest absolute Gasteiger partial charge is 0.191 e. The lowest BCUT2D eigenvalue weighted by Crippen LogP contribution is -2.37. The second-order valence-corrected chi connectivity index (χ2v) is 10.6. The Labute approximate surface area is 202 Å². The van der Waals surface area contributed by atoms with Crippen molar-refractivity contribution in [3.8, 4) is 0 Å². The molecular weight excluding hydrogens is 528 g/mol. The maximum absolute atomic E-state index is 13.7. The molecule has 0 aliphatic rings. The Morgan fingerprint density at radius 3 is 2.23 bits per heavy atom. The van der Waals surface area contributed by atoms with E-state index in [9.17, 15) is 12.8 Å². The molecule has 0 radical (unpaired) electrons. The highest BCUT2D eigenvalue weighted by atomic mass is 127. The molecule has 0 aromatic heterocycles. The van der Waals surface area contributed by atoms with Gasteiger partial charge >= 0.3 is 0 Å². The van der Waals surface area contributed by atoms with Crippen molar-refractivity contribution in [1.29, 1.82) is 0 Å². The summed E-state index contributed by atoms with van der Waals surface area (Å²) in [5, 5.41) is 6.34. The van der Waals surface area contributed by atoms with Crippen LogP contribution in [0, 0.1) is 5.82 Å². The molecule has 0 amide bonds. The Kier molecular flexibility index (Phi) is 10.4. The first-order valence-electron chi connectivity index (χ1n) is 10.0. The highest BCUT2D eigenvalue weighted by molar-refractivity contribution is 14.0. The van der Waals surface area contributed by atoms with Crippen molar-refractivity contribution in [1.82, 2.24) is 10.6 Å². The van der Waals surface area contributed by atoms with Gasteiger partial charge < -0.3 is 10.6 Å². The van der Waals surface area contributed by atoms with Crippen LogP contribution in [0.15, 0.2) is 47.5 Å². The summed E-state index contributed by atoms with van der Waals surface area (Å²) in [4.78, 5) is 4.60. The zero-order valence-corrected chi connectivity index (χ0v) is 22.0. The number of benzene rings is 2. The van der Waals surface area contributed by atoms with Crippen molar-refractivity contribution < 1.29 is 12.8 Å². The molecule has 0 bridgehead atoms. The third-order valence-electron chi connectivity index (χ3n) is 4.62. The van der Waals surface area contributed by atoms with Gasteiger partial charge in [-0.05, 0) is 46.7 Å². The molecule has 31 heavy (non-hydrogen) atoms. The second kappa shape index (κ2) is 11.8. The Hall–Kier alpha value is -1.68. The Morgan fingerprint density at radius 1 is 1.03 bits per heavy atom. The van der Waals surface area contributed by atoms with Crippen LogP contribution in [0.4, 0.5) is 4.39 Å². The lowest BCUT2D eigenvalue weighted by atomic mass is 9.87. The fraction of sp³-hybridized carbons (Fsp3) is 0.435. The molecule has 2 N–H and O–H groups in total. The monoisotopic (exact) mass is 561 g/mol. The minimum absolute atomic E-state index is 0. The van der Waals surface area contributed by atoms with Gasteiger partial charge in [-0.2, -0.15) is 0 Å². The molecule has 2 aromatic carbocycles. The standard InChI is InChI=1S/C23H32FN3O2S.HI/c1-6-25-22(26-14-17-7-10-20(11-8-17)23(2,3)4)27-15-19-13-21(24)12-9-18(19)16-30(5,28)29;/h7-13H,6,14-16H2,1-5H3,(H2,25,26,27);1H. The number of halogens is 2. The molecule has 2 rings (SSSR count). The van der Waals surface area contributed by atoms with Crippen LogP contribution in [0.1, 0.15) is 49.9 Å². The maximum Gasteiger partial charge on any atom is 0.191 e. The van der Waals surface area contributed by atoms with Crippen LogP contribution in [-0.2, 0) is 34.1 Å². The average Bonchev–Trinajstić information content (AvgIpc) is 2.64. The van der Waals surface area contributed by atoms with Gasteiger partial charge in [0.2, 0.25) is 0 Å². The van der Waals surface area contributed by atoms with Gasteiger partial charge in [0.05, 0.1) is 12.3 Å². The topological polar surface area (TPSA) is 70.6 Å². The number of rotatable bonds is 7. The van der Waals surface area contributed by atoms with Gasteiger partial charge in [-0.1, -0.05) is 51.1 Å². The van der Waals surface area contributed by atoms with E-state index in [1.165, 1.54) is 30.0 Å². The van der Waals surface area contributed by atoms with Gasteiger partial charge in [0.1, 0.15) is 5.82 Å². The van der Waals surface area contributed by atoms with E-state index in [-0.39, 0.29) is 41.7 Å². The highest BCUT2D eigenvalue weighted by Gasteiger charge is 2.13. The summed E-state index contributed by atoms with van der Waals surface area (Å²) in [6.45, 7) is 9.95. The van der Waals surface area contributed by atoms with Crippen LogP contribution in [0.5, 0.6) is 0 Å². The van der Waals surface area contributed by atoms with Crippen LogP contribution in [0.3, 0.4) is 0 Å². The quantitative estimate of drug-likeness (QED) is 0.296. The van der Waals surface area contributed by atoms with Gasteiger partial charge in [-0.25, -0.2) is 17.8 Å². The van der Waals surface area contributed by atoms with Crippen molar-refractivity contribution in [3.63, 3.8) is 0 Å². The number of guanidine groups is 1. The fourth-order valence-corrected chi connectivity index (χ4v) is 3.83. The molecule has 0 heterocycles. The van der Waals surface area contributed by atoms with E-state index in [4.69, 9.17) is 0 Å². The average molecular weight is 562 g/mol. The minimum Gasteiger partial charge on any atom is -0.357 e. The van der Waals surface area contributed by atoms with Crippen molar-refractivity contribution in [2.45, 2.75) is 52.0 Å². The lowest BCUT2D eigenvalue weighted by Gasteiger charge is -2.19. The molecule has 0 saturated heterocycles. The SMILES string of the molecule is CCNC(=NCc1ccc(C(C)(C)C)cc1)NCc1cc(F)ccc1CS(C)(=O)=O.I. The summed E-state index contributed by atoms with van der Waals surface area (Å²) in [6, 6.07) is 12.6. The molecule has 172 valence electrons. The first-order chi connectivity index (χ1) is 14.0. The second-order valence-electron chi connectivity index (χ2n) is 8.48. The molecule has 2 aromatic rings.